The lowest BCUT2D eigenvalue weighted by Gasteiger charge is -2.37. The second kappa shape index (κ2) is 12.6. The van der Waals surface area contributed by atoms with E-state index in [4.69, 9.17) is 57.1 Å². The van der Waals surface area contributed by atoms with Crippen molar-refractivity contribution < 1.29 is 9.18 Å². The maximum absolute atomic E-state index is 15.1. The highest BCUT2D eigenvalue weighted by Gasteiger charge is 2.35. The SMILES string of the molecule is C=CC(=O)N1CCN(c2c(C#N)c(=O)n(C3C(C(C)C)=NC=C[C@H]3C)c3nc(-c4c(N)c(Cl)c(Cl)c(F)c4Cl)c(Cl)cc23)CC1. The molecule has 1 amide bonds. The summed E-state index contributed by atoms with van der Waals surface area (Å²) in [5, 5.41) is 9.67. The summed E-state index contributed by atoms with van der Waals surface area (Å²) in [5.74, 6) is -1.50. The van der Waals surface area contributed by atoms with E-state index < -0.39 is 27.5 Å². The van der Waals surface area contributed by atoms with Crippen LogP contribution in [0.1, 0.15) is 32.4 Å². The van der Waals surface area contributed by atoms with E-state index in [-0.39, 0.29) is 55.9 Å². The first kappa shape index (κ1) is 32.8. The monoisotopic (exact) mass is 689 g/mol. The molecule has 1 unspecified atom stereocenters. The molecule has 0 bridgehead atoms. The van der Waals surface area contributed by atoms with Crippen LogP contribution in [-0.2, 0) is 4.79 Å². The molecular formula is C31H28Cl4FN7O2. The fourth-order valence-electron chi connectivity index (χ4n) is 5.89. The summed E-state index contributed by atoms with van der Waals surface area (Å²) in [6.45, 7) is 10.7. The molecule has 2 aliphatic heterocycles. The topological polar surface area (TPSA) is 121 Å². The van der Waals surface area contributed by atoms with Crippen LogP contribution in [0.15, 0.2) is 40.8 Å². The van der Waals surface area contributed by atoms with Crippen molar-refractivity contribution in [1.29, 1.82) is 5.26 Å². The summed E-state index contributed by atoms with van der Waals surface area (Å²) >= 11 is 25.5. The first-order chi connectivity index (χ1) is 21.3. The van der Waals surface area contributed by atoms with Crippen molar-refractivity contribution in [2.45, 2.75) is 26.8 Å². The van der Waals surface area contributed by atoms with Gasteiger partial charge in [-0.05, 0) is 18.1 Å². The number of anilines is 2. The molecule has 2 aliphatic rings. The molecule has 4 heterocycles. The Balaban J connectivity index is 1.88. The third kappa shape index (κ3) is 5.46. The van der Waals surface area contributed by atoms with Gasteiger partial charge in [0.1, 0.15) is 17.3 Å². The number of nitrogen functional groups attached to an aromatic ring is 1. The number of nitriles is 1. The Hall–Kier alpha value is -3.62. The van der Waals surface area contributed by atoms with Crippen LogP contribution in [0.3, 0.4) is 0 Å². The number of amides is 1. The molecule has 0 radical (unpaired) electrons. The molecule has 1 fully saturated rings. The third-order valence-corrected chi connectivity index (χ3v) is 9.61. The zero-order valence-corrected chi connectivity index (χ0v) is 27.6. The van der Waals surface area contributed by atoms with E-state index in [0.717, 1.165) is 0 Å². The number of rotatable bonds is 5. The lowest BCUT2D eigenvalue weighted by atomic mass is 9.88. The van der Waals surface area contributed by atoms with Gasteiger partial charge in [-0.2, -0.15) is 5.26 Å². The molecule has 2 atom stereocenters. The summed E-state index contributed by atoms with van der Waals surface area (Å²) in [6.07, 6.45) is 4.81. The van der Waals surface area contributed by atoms with Crippen molar-refractivity contribution in [2.24, 2.45) is 16.8 Å². The van der Waals surface area contributed by atoms with Crippen LogP contribution >= 0.6 is 46.4 Å². The Morgan fingerprint density at radius 3 is 2.44 bits per heavy atom. The predicted octanol–water partition coefficient (Wildman–Crippen LogP) is 6.91. The number of pyridine rings is 2. The van der Waals surface area contributed by atoms with Crippen LogP contribution in [0, 0.1) is 29.0 Å². The van der Waals surface area contributed by atoms with Crippen molar-refractivity contribution >= 4 is 80.4 Å². The summed E-state index contributed by atoms with van der Waals surface area (Å²) in [4.78, 5) is 39.6. The first-order valence-electron chi connectivity index (χ1n) is 14.0. The normalized spacial score (nSPS) is 18.4. The molecule has 9 nitrogen and oxygen atoms in total. The Morgan fingerprint density at radius 1 is 1.18 bits per heavy atom. The number of nitrogens with zero attached hydrogens (tertiary/aromatic N) is 6. The number of benzene rings is 1. The van der Waals surface area contributed by atoms with Crippen LogP contribution in [0.25, 0.3) is 22.3 Å². The largest absolute Gasteiger partial charge is 0.397 e. The number of aromatic nitrogens is 2. The van der Waals surface area contributed by atoms with Crippen LogP contribution in [0.2, 0.25) is 20.1 Å². The molecule has 1 aromatic carbocycles. The second-order valence-corrected chi connectivity index (χ2v) is 12.7. The Morgan fingerprint density at radius 2 is 1.84 bits per heavy atom. The molecule has 0 spiro atoms. The van der Waals surface area contributed by atoms with Crippen LogP contribution < -0.4 is 16.2 Å². The van der Waals surface area contributed by atoms with Gasteiger partial charge >= 0.3 is 0 Å². The number of carbonyl (C=O) groups is 1. The lowest BCUT2D eigenvalue weighted by molar-refractivity contribution is -0.126. The van der Waals surface area contributed by atoms with E-state index in [1.165, 1.54) is 10.6 Å². The minimum Gasteiger partial charge on any atom is -0.397 e. The summed E-state index contributed by atoms with van der Waals surface area (Å²) in [7, 11) is 0. The van der Waals surface area contributed by atoms with E-state index >= 15 is 4.39 Å². The minimum absolute atomic E-state index is 0.0130. The van der Waals surface area contributed by atoms with Gasteiger partial charge < -0.3 is 15.5 Å². The number of hydrogen-bond donors (Lipinski definition) is 1. The van der Waals surface area contributed by atoms with Crippen LogP contribution in [0.5, 0.6) is 0 Å². The van der Waals surface area contributed by atoms with Gasteiger partial charge in [0, 0.05) is 55.0 Å². The number of allylic oxidation sites excluding steroid dienone is 1. The van der Waals surface area contributed by atoms with Gasteiger partial charge in [0.15, 0.2) is 5.82 Å². The summed E-state index contributed by atoms with van der Waals surface area (Å²) in [5.41, 5.74) is 6.49. The highest BCUT2D eigenvalue weighted by molar-refractivity contribution is 6.46. The summed E-state index contributed by atoms with van der Waals surface area (Å²) < 4.78 is 16.5. The molecular weight excluding hydrogens is 663 g/mol. The average Bonchev–Trinajstić information content (AvgIpc) is 3.02. The molecule has 5 rings (SSSR count). The number of nitrogens with two attached hydrogens (primary N) is 1. The molecule has 1 saturated heterocycles. The maximum Gasteiger partial charge on any atom is 0.272 e. The van der Waals surface area contributed by atoms with Gasteiger partial charge in [-0.15, -0.1) is 0 Å². The molecule has 2 aromatic heterocycles. The Bertz CT molecular complexity index is 1900. The maximum atomic E-state index is 15.1. The first-order valence-corrected chi connectivity index (χ1v) is 15.6. The molecule has 234 valence electrons. The van der Waals surface area contributed by atoms with E-state index in [2.05, 4.69) is 17.6 Å². The van der Waals surface area contributed by atoms with E-state index in [1.807, 2.05) is 31.7 Å². The molecule has 0 saturated carbocycles. The smallest absolute Gasteiger partial charge is 0.272 e. The van der Waals surface area contributed by atoms with Crippen molar-refractivity contribution in [3.63, 3.8) is 0 Å². The van der Waals surface area contributed by atoms with Gasteiger partial charge in [0.25, 0.3) is 5.56 Å². The quantitative estimate of drug-likeness (QED) is 0.135. The molecule has 14 heteroatoms. The molecule has 3 aromatic rings. The highest BCUT2D eigenvalue weighted by Crippen LogP contribution is 2.47. The van der Waals surface area contributed by atoms with Gasteiger partial charge in [-0.3, -0.25) is 19.1 Å². The van der Waals surface area contributed by atoms with Gasteiger partial charge in [-0.25, -0.2) is 9.37 Å². The van der Waals surface area contributed by atoms with Crippen molar-refractivity contribution in [3.8, 4) is 17.3 Å². The minimum atomic E-state index is -1.00. The number of hydrogen-bond acceptors (Lipinski definition) is 7. The predicted molar refractivity (Wildman–Crippen MR) is 179 cm³/mol. The lowest BCUT2D eigenvalue weighted by Crippen LogP contribution is -2.49. The molecule has 2 N–H and O–H groups in total. The van der Waals surface area contributed by atoms with E-state index in [0.29, 0.717) is 43.0 Å². The van der Waals surface area contributed by atoms with E-state index in [1.54, 1.807) is 17.2 Å². The van der Waals surface area contributed by atoms with E-state index in [9.17, 15) is 14.9 Å². The van der Waals surface area contributed by atoms with Crippen molar-refractivity contribution in [1.82, 2.24) is 14.5 Å². The average molecular weight is 691 g/mol. The molecule has 0 aliphatic carbocycles. The van der Waals surface area contributed by atoms with Crippen LogP contribution in [0.4, 0.5) is 15.8 Å². The van der Waals surface area contributed by atoms with Gasteiger partial charge in [-0.1, -0.05) is 79.8 Å². The van der Waals surface area contributed by atoms with Crippen LogP contribution in [-0.4, -0.2) is 52.2 Å². The highest BCUT2D eigenvalue weighted by atomic mass is 35.5. The second-order valence-electron chi connectivity index (χ2n) is 11.1. The number of fused-ring (bicyclic) bond motifs is 1. The van der Waals surface area contributed by atoms with Crippen molar-refractivity contribution in [2.75, 3.05) is 36.8 Å². The summed E-state index contributed by atoms with van der Waals surface area (Å²) in [6, 6.07) is 3.06. The Kier molecular flexibility index (Phi) is 9.20. The zero-order valence-electron chi connectivity index (χ0n) is 24.5. The molecule has 45 heavy (non-hydrogen) atoms. The standard InChI is InChI=1S/C31H28Cl4FN7O2/c1-5-19(44)41-8-10-42(11-9-41)29-16-12-18(32)27(20-21(33)24(36)22(34)23(35)25(20)38)40-30(16)43(31(45)17(29)13-37)28-15(4)6-7-39-26(28)14(2)3/h5-7,12,14-15,28H,1,8-11,38H2,2-4H3/t15-,28?/m1/s1. The van der Waals surface area contributed by atoms with Gasteiger partial charge in [0.05, 0.1) is 43.2 Å². The van der Waals surface area contributed by atoms with Crippen molar-refractivity contribution in [3.05, 3.63) is 72.8 Å². The third-order valence-electron chi connectivity index (χ3n) is 8.13. The fourth-order valence-corrected chi connectivity index (χ4v) is 6.84. The Labute approximate surface area is 278 Å². The number of halogens is 5. The van der Waals surface area contributed by atoms with Gasteiger partial charge in [0.2, 0.25) is 5.91 Å². The number of piperazine rings is 1. The number of carbonyl (C=O) groups excluding carboxylic acids is 1. The number of aliphatic imine (C=N–C) groups is 1. The fraction of sp³-hybridized carbons (Fsp3) is 0.323. The zero-order chi connectivity index (χ0) is 32.9.